The van der Waals surface area contributed by atoms with Crippen molar-refractivity contribution < 1.29 is 19.0 Å². The molecule has 0 N–H and O–H groups in total. The lowest BCUT2D eigenvalue weighted by Crippen LogP contribution is -2.40. The molecule has 5 nitrogen and oxygen atoms in total. The highest BCUT2D eigenvalue weighted by molar-refractivity contribution is 6.31. The fourth-order valence-corrected chi connectivity index (χ4v) is 3.00. The van der Waals surface area contributed by atoms with Crippen LogP contribution in [-0.4, -0.2) is 43.5 Å². The highest BCUT2D eigenvalue weighted by Gasteiger charge is 2.32. The van der Waals surface area contributed by atoms with Crippen LogP contribution in [-0.2, 0) is 20.8 Å². The van der Waals surface area contributed by atoms with Crippen molar-refractivity contribution in [2.75, 3.05) is 26.9 Å². The lowest BCUT2D eigenvalue weighted by Gasteiger charge is -2.32. The minimum atomic E-state index is -0.541. The molecule has 1 aromatic carbocycles. The van der Waals surface area contributed by atoms with Gasteiger partial charge in [0.15, 0.2) is 0 Å². The van der Waals surface area contributed by atoms with Gasteiger partial charge in [-0.1, -0.05) is 23.7 Å². The Balaban J connectivity index is 2.27. The van der Waals surface area contributed by atoms with Gasteiger partial charge in [-0.3, -0.25) is 4.90 Å². The van der Waals surface area contributed by atoms with E-state index in [4.69, 9.17) is 25.8 Å². The zero-order valence-corrected chi connectivity index (χ0v) is 15.6. The second-order valence-corrected chi connectivity index (χ2v) is 7.31. The van der Waals surface area contributed by atoms with Crippen molar-refractivity contribution in [1.29, 1.82) is 0 Å². The van der Waals surface area contributed by atoms with Gasteiger partial charge in [0.25, 0.3) is 0 Å². The van der Waals surface area contributed by atoms with E-state index in [0.29, 0.717) is 31.4 Å². The Labute approximate surface area is 148 Å². The number of nitrogens with zero attached hydrogens (tertiary/aromatic N) is 1. The van der Waals surface area contributed by atoms with E-state index in [0.717, 1.165) is 17.5 Å². The van der Waals surface area contributed by atoms with Crippen molar-refractivity contribution >= 4 is 17.7 Å². The maximum Gasteiger partial charge on any atom is 0.410 e. The van der Waals surface area contributed by atoms with Crippen LogP contribution in [0.2, 0.25) is 5.02 Å². The maximum atomic E-state index is 12.6. The molecule has 1 heterocycles. The maximum absolute atomic E-state index is 12.6. The van der Waals surface area contributed by atoms with Crippen molar-refractivity contribution in [2.45, 2.75) is 45.4 Å². The van der Waals surface area contributed by atoms with Gasteiger partial charge < -0.3 is 14.2 Å². The molecule has 1 amide bonds. The van der Waals surface area contributed by atoms with Crippen molar-refractivity contribution in [3.05, 3.63) is 34.3 Å². The van der Waals surface area contributed by atoms with Crippen molar-refractivity contribution in [2.24, 2.45) is 0 Å². The summed E-state index contributed by atoms with van der Waals surface area (Å²) in [4.78, 5) is 14.3. The normalized spacial score (nSPS) is 19.0. The number of benzene rings is 1. The third kappa shape index (κ3) is 5.10. The first-order valence-electron chi connectivity index (χ1n) is 8.16. The number of carbonyl (C=O) groups is 1. The number of hydrogen-bond acceptors (Lipinski definition) is 4. The molecular formula is C18H26ClNO4. The van der Waals surface area contributed by atoms with Crippen LogP contribution in [0.1, 0.15) is 44.4 Å². The number of ether oxygens (including phenoxy) is 3. The molecule has 6 heteroatoms. The van der Waals surface area contributed by atoms with Gasteiger partial charge in [0.05, 0.1) is 19.3 Å². The van der Waals surface area contributed by atoms with E-state index < -0.39 is 5.60 Å². The van der Waals surface area contributed by atoms with Crippen LogP contribution < -0.4 is 0 Å². The van der Waals surface area contributed by atoms with E-state index in [1.54, 1.807) is 12.0 Å². The number of hydrogen-bond donors (Lipinski definition) is 0. The summed E-state index contributed by atoms with van der Waals surface area (Å²) in [6.07, 6.45) is 0.435. The SMILES string of the molecule is COCc1ccc(C2COCCCN2C(=O)OC(C)(C)C)c(Cl)c1. The summed E-state index contributed by atoms with van der Waals surface area (Å²) in [5.41, 5.74) is 1.31. The van der Waals surface area contributed by atoms with E-state index in [-0.39, 0.29) is 12.1 Å². The molecule has 0 spiro atoms. The number of carbonyl (C=O) groups excluding carboxylic acids is 1. The van der Waals surface area contributed by atoms with Crippen molar-refractivity contribution in [3.8, 4) is 0 Å². The molecule has 1 aromatic rings. The van der Waals surface area contributed by atoms with Crippen molar-refractivity contribution in [3.63, 3.8) is 0 Å². The molecule has 0 saturated carbocycles. The highest BCUT2D eigenvalue weighted by atomic mass is 35.5. The first-order valence-corrected chi connectivity index (χ1v) is 8.54. The molecule has 1 unspecified atom stereocenters. The third-order valence-electron chi connectivity index (χ3n) is 3.70. The zero-order valence-electron chi connectivity index (χ0n) is 14.8. The monoisotopic (exact) mass is 355 g/mol. The molecule has 0 aliphatic carbocycles. The van der Waals surface area contributed by atoms with Crippen LogP contribution >= 0.6 is 11.6 Å². The van der Waals surface area contributed by atoms with Crippen LogP contribution in [0, 0.1) is 0 Å². The molecule has 134 valence electrons. The summed E-state index contributed by atoms with van der Waals surface area (Å²) in [7, 11) is 1.64. The third-order valence-corrected chi connectivity index (χ3v) is 4.03. The van der Waals surface area contributed by atoms with Gasteiger partial charge in [-0.2, -0.15) is 0 Å². The Kier molecular flexibility index (Phi) is 6.49. The first-order chi connectivity index (χ1) is 11.3. The van der Waals surface area contributed by atoms with E-state index in [1.807, 2.05) is 39.0 Å². The standard InChI is InChI=1S/C18H26ClNO4/c1-18(2,3)24-17(21)20-8-5-9-23-12-16(20)14-7-6-13(11-22-4)10-15(14)19/h6-7,10,16H,5,8-9,11-12H2,1-4H3. The smallest absolute Gasteiger partial charge is 0.410 e. The molecule has 2 rings (SSSR count). The van der Waals surface area contributed by atoms with Crippen LogP contribution in [0.25, 0.3) is 0 Å². The Morgan fingerprint density at radius 2 is 2.17 bits per heavy atom. The average Bonchev–Trinajstić information content (AvgIpc) is 2.72. The van der Waals surface area contributed by atoms with E-state index >= 15 is 0 Å². The lowest BCUT2D eigenvalue weighted by molar-refractivity contribution is 0.0119. The first kappa shape index (κ1) is 19.0. The molecule has 1 fully saturated rings. The van der Waals surface area contributed by atoms with Gasteiger partial charge >= 0.3 is 6.09 Å². The second-order valence-electron chi connectivity index (χ2n) is 6.91. The largest absolute Gasteiger partial charge is 0.444 e. The molecule has 0 radical (unpaired) electrons. The molecule has 1 aliphatic heterocycles. The Hall–Kier alpha value is -1.30. The Morgan fingerprint density at radius 1 is 1.42 bits per heavy atom. The van der Waals surface area contributed by atoms with Gasteiger partial charge in [-0.15, -0.1) is 0 Å². The predicted octanol–water partition coefficient (Wildman–Crippen LogP) is 4.18. The molecule has 1 saturated heterocycles. The van der Waals surface area contributed by atoms with Gasteiger partial charge in [0.2, 0.25) is 0 Å². The van der Waals surface area contributed by atoms with Gasteiger partial charge in [0, 0.05) is 25.3 Å². The Bertz CT molecular complexity index is 571. The fourth-order valence-electron chi connectivity index (χ4n) is 2.67. The summed E-state index contributed by atoms with van der Waals surface area (Å²) < 4.78 is 16.4. The van der Waals surface area contributed by atoms with E-state index in [9.17, 15) is 4.79 Å². The minimum absolute atomic E-state index is 0.258. The van der Waals surface area contributed by atoms with E-state index in [2.05, 4.69) is 0 Å². The average molecular weight is 356 g/mol. The van der Waals surface area contributed by atoms with Gasteiger partial charge in [0.1, 0.15) is 5.60 Å². The fraction of sp³-hybridized carbons (Fsp3) is 0.611. The highest BCUT2D eigenvalue weighted by Crippen LogP contribution is 2.31. The number of methoxy groups -OCH3 is 1. The zero-order chi connectivity index (χ0) is 17.7. The summed E-state index contributed by atoms with van der Waals surface area (Å²) in [6, 6.07) is 5.51. The molecule has 0 bridgehead atoms. The van der Waals surface area contributed by atoms with E-state index in [1.165, 1.54) is 0 Å². The van der Waals surface area contributed by atoms with Crippen LogP contribution in [0.4, 0.5) is 4.79 Å². The lowest BCUT2D eigenvalue weighted by atomic mass is 10.0. The van der Waals surface area contributed by atoms with Gasteiger partial charge in [-0.05, 0) is 44.4 Å². The van der Waals surface area contributed by atoms with Crippen LogP contribution in [0.3, 0.4) is 0 Å². The van der Waals surface area contributed by atoms with Crippen molar-refractivity contribution in [1.82, 2.24) is 4.90 Å². The molecule has 0 aromatic heterocycles. The molecule has 1 aliphatic rings. The molecular weight excluding hydrogens is 330 g/mol. The van der Waals surface area contributed by atoms with Gasteiger partial charge in [-0.25, -0.2) is 4.79 Å². The summed E-state index contributed by atoms with van der Waals surface area (Å²) in [5.74, 6) is 0. The Morgan fingerprint density at radius 3 is 2.79 bits per heavy atom. The topological polar surface area (TPSA) is 48.0 Å². The quantitative estimate of drug-likeness (QED) is 0.815. The number of halogens is 1. The van der Waals surface area contributed by atoms with Crippen LogP contribution in [0.5, 0.6) is 0 Å². The minimum Gasteiger partial charge on any atom is -0.444 e. The number of amides is 1. The predicted molar refractivity (Wildman–Crippen MR) is 93.3 cm³/mol. The summed E-state index contributed by atoms with van der Waals surface area (Å²) >= 11 is 6.46. The number of rotatable bonds is 3. The summed E-state index contributed by atoms with van der Waals surface area (Å²) in [6.45, 7) is 7.69. The summed E-state index contributed by atoms with van der Waals surface area (Å²) in [5, 5.41) is 0.605. The van der Waals surface area contributed by atoms with Crippen LogP contribution in [0.15, 0.2) is 18.2 Å². The molecule has 24 heavy (non-hydrogen) atoms. The molecule has 1 atom stereocenters. The second kappa shape index (κ2) is 8.19.